The number of benzene rings is 2. The molecular formula is C18H18FN3O. The third kappa shape index (κ3) is 3.23. The summed E-state index contributed by atoms with van der Waals surface area (Å²) in [5.74, 6) is 1.25. The first-order valence-corrected chi connectivity index (χ1v) is 7.51. The summed E-state index contributed by atoms with van der Waals surface area (Å²) in [6, 6.07) is 12.4. The van der Waals surface area contributed by atoms with E-state index in [0.717, 1.165) is 16.8 Å². The van der Waals surface area contributed by atoms with Crippen molar-refractivity contribution in [2.45, 2.75) is 13.5 Å². The van der Waals surface area contributed by atoms with Crippen LogP contribution >= 0.6 is 0 Å². The van der Waals surface area contributed by atoms with Crippen molar-refractivity contribution >= 4 is 16.7 Å². The van der Waals surface area contributed by atoms with Gasteiger partial charge in [0.2, 0.25) is 0 Å². The van der Waals surface area contributed by atoms with E-state index in [1.807, 2.05) is 43.1 Å². The van der Waals surface area contributed by atoms with Gasteiger partial charge in [0, 0.05) is 24.5 Å². The number of hydrogen-bond donors (Lipinski definition) is 0. The Morgan fingerprint density at radius 3 is 2.78 bits per heavy atom. The lowest BCUT2D eigenvalue weighted by Crippen LogP contribution is -2.19. The monoisotopic (exact) mass is 311 g/mol. The molecule has 0 aliphatic heterocycles. The Morgan fingerprint density at radius 2 is 1.96 bits per heavy atom. The van der Waals surface area contributed by atoms with Crippen LogP contribution in [0.3, 0.4) is 0 Å². The largest absolute Gasteiger partial charge is 0.494 e. The number of anilines is 1. The normalized spacial score (nSPS) is 10.7. The van der Waals surface area contributed by atoms with Gasteiger partial charge in [-0.15, -0.1) is 0 Å². The maximum Gasteiger partial charge on any atom is 0.140 e. The van der Waals surface area contributed by atoms with Gasteiger partial charge in [0.05, 0.1) is 12.1 Å². The van der Waals surface area contributed by atoms with Crippen LogP contribution in [0.5, 0.6) is 5.75 Å². The van der Waals surface area contributed by atoms with Gasteiger partial charge in [-0.2, -0.15) is 0 Å². The highest BCUT2D eigenvalue weighted by atomic mass is 19.1. The number of halogens is 1. The third-order valence-corrected chi connectivity index (χ3v) is 3.62. The van der Waals surface area contributed by atoms with E-state index in [-0.39, 0.29) is 5.82 Å². The second-order valence-electron chi connectivity index (χ2n) is 5.26. The van der Waals surface area contributed by atoms with Gasteiger partial charge >= 0.3 is 0 Å². The van der Waals surface area contributed by atoms with Crippen LogP contribution in [0.15, 0.2) is 48.8 Å². The van der Waals surface area contributed by atoms with Crippen LogP contribution in [0, 0.1) is 5.82 Å². The lowest BCUT2D eigenvalue weighted by atomic mass is 10.1. The Hall–Kier alpha value is -2.69. The molecule has 0 N–H and O–H groups in total. The lowest BCUT2D eigenvalue weighted by Gasteiger charge is -2.21. The predicted octanol–water partition coefficient (Wildman–Crippen LogP) is 3.80. The van der Waals surface area contributed by atoms with E-state index >= 15 is 0 Å². The van der Waals surface area contributed by atoms with E-state index in [0.29, 0.717) is 24.4 Å². The van der Waals surface area contributed by atoms with Crippen LogP contribution in [0.1, 0.15) is 12.5 Å². The van der Waals surface area contributed by atoms with Crippen LogP contribution in [-0.2, 0) is 6.54 Å². The molecule has 0 aliphatic rings. The molecule has 23 heavy (non-hydrogen) atoms. The molecule has 0 amide bonds. The van der Waals surface area contributed by atoms with Gasteiger partial charge in [0.1, 0.15) is 23.7 Å². The molecular weight excluding hydrogens is 293 g/mol. The maximum absolute atomic E-state index is 13.6. The van der Waals surface area contributed by atoms with E-state index in [4.69, 9.17) is 4.74 Å². The van der Waals surface area contributed by atoms with Crippen LogP contribution in [0.4, 0.5) is 10.2 Å². The van der Waals surface area contributed by atoms with E-state index < -0.39 is 0 Å². The van der Waals surface area contributed by atoms with Crippen molar-refractivity contribution in [3.63, 3.8) is 0 Å². The maximum atomic E-state index is 13.6. The number of rotatable bonds is 5. The first-order chi connectivity index (χ1) is 11.2. The molecule has 118 valence electrons. The first-order valence-electron chi connectivity index (χ1n) is 7.51. The minimum absolute atomic E-state index is 0.295. The highest BCUT2D eigenvalue weighted by Crippen LogP contribution is 2.26. The van der Waals surface area contributed by atoms with Gasteiger partial charge < -0.3 is 9.64 Å². The Kier molecular flexibility index (Phi) is 4.37. The fourth-order valence-corrected chi connectivity index (χ4v) is 2.58. The summed E-state index contributed by atoms with van der Waals surface area (Å²) >= 11 is 0. The fraction of sp³-hybridized carbons (Fsp3) is 0.222. The minimum Gasteiger partial charge on any atom is -0.494 e. The first kappa shape index (κ1) is 15.2. The highest BCUT2D eigenvalue weighted by molar-refractivity contribution is 5.89. The zero-order valence-corrected chi connectivity index (χ0v) is 13.2. The van der Waals surface area contributed by atoms with Crippen molar-refractivity contribution in [2.75, 3.05) is 18.6 Å². The van der Waals surface area contributed by atoms with E-state index in [9.17, 15) is 4.39 Å². The highest BCUT2D eigenvalue weighted by Gasteiger charge is 2.12. The standard InChI is InChI=1S/C18H18FN3O/c1-3-23-17-7-5-4-6-13(17)11-22(2)18-15-10-14(19)8-9-16(15)20-12-21-18/h4-10,12H,3,11H2,1-2H3. The molecule has 0 bridgehead atoms. The second kappa shape index (κ2) is 6.60. The minimum atomic E-state index is -0.295. The number of ether oxygens (including phenoxy) is 1. The van der Waals surface area contributed by atoms with E-state index in [1.165, 1.54) is 18.5 Å². The summed E-state index contributed by atoms with van der Waals surface area (Å²) < 4.78 is 19.2. The molecule has 0 saturated carbocycles. The second-order valence-corrected chi connectivity index (χ2v) is 5.26. The van der Waals surface area contributed by atoms with Crippen molar-refractivity contribution in [1.29, 1.82) is 0 Å². The quantitative estimate of drug-likeness (QED) is 0.718. The van der Waals surface area contributed by atoms with Gasteiger partial charge in [-0.3, -0.25) is 0 Å². The number of nitrogens with zero attached hydrogens (tertiary/aromatic N) is 3. The summed E-state index contributed by atoms with van der Waals surface area (Å²) in [5, 5.41) is 0.698. The molecule has 3 rings (SSSR count). The molecule has 0 saturated heterocycles. The summed E-state index contributed by atoms with van der Waals surface area (Å²) in [6.45, 7) is 3.18. The summed E-state index contributed by atoms with van der Waals surface area (Å²) in [5.41, 5.74) is 1.78. The lowest BCUT2D eigenvalue weighted by molar-refractivity contribution is 0.336. The van der Waals surface area contributed by atoms with Crippen molar-refractivity contribution in [3.05, 3.63) is 60.2 Å². The molecule has 3 aromatic rings. The Balaban J connectivity index is 1.95. The van der Waals surface area contributed by atoms with Gasteiger partial charge in [-0.25, -0.2) is 14.4 Å². The number of fused-ring (bicyclic) bond motifs is 1. The molecule has 4 nitrogen and oxygen atoms in total. The number of para-hydroxylation sites is 1. The van der Waals surface area contributed by atoms with E-state index in [1.54, 1.807) is 6.07 Å². The average molecular weight is 311 g/mol. The Bertz CT molecular complexity index is 822. The van der Waals surface area contributed by atoms with Crippen molar-refractivity contribution in [1.82, 2.24) is 9.97 Å². The zero-order valence-electron chi connectivity index (χ0n) is 13.2. The predicted molar refractivity (Wildman–Crippen MR) is 89.2 cm³/mol. The zero-order chi connectivity index (χ0) is 16.2. The van der Waals surface area contributed by atoms with Crippen LogP contribution in [0.25, 0.3) is 10.9 Å². The van der Waals surface area contributed by atoms with Crippen LogP contribution in [0.2, 0.25) is 0 Å². The van der Waals surface area contributed by atoms with Gasteiger partial charge in [-0.05, 0) is 31.2 Å². The van der Waals surface area contributed by atoms with E-state index in [2.05, 4.69) is 9.97 Å². The SMILES string of the molecule is CCOc1ccccc1CN(C)c1ncnc2ccc(F)cc12. The van der Waals surface area contributed by atoms with Crippen molar-refractivity contribution in [3.8, 4) is 5.75 Å². The van der Waals surface area contributed by atoms with Gasteiger partial charge in [0.15, 0.2) is 0 Å². The molecule has 0 fully saturated rings. The molecule has 2 aromatic carbocycles. The van der Waals surface area contributed by atoms with Crippen LogP contribution in [-0.4, -0.2) is 23.6 Å². The fourth-order valence-electron chi connectivity index (χ4n) is 2.58. The topological polar surface area (TPSA) is 38.2 Å². The molecule has 0 radical (unpaired) electrons. The van der Waals surface area contributed by atoms with Crippen molar-refractivity contribution in [2.24, 2.45) is 0 Å². The Labute approximate surface area is 134 Å². The van der Waals surface area contributed by atoms with Gasteiger partial charge in [0.25, 0.3) is 0 Å². The smallest absolute Gasteiger partial charge is 0.140 e. The molecule has 1 heterocycles. The third-order valence-electron chi connectivity index (χ3n) is 3.62. The molecule has 5 heteroatoms. The number of hydrogen-bond acceptors (Lipinski definition) is 4. The molecule has 1 aromatic heterocycles. The van der Waals surface area contributed by atoms with Crippen LogP contribution < -0.4 is 9.64 Å². The molecule has 0 atom stereocenters. The molecule has 0 spiro atoms. The summed E-state index contributed by atoms with van der Waals surface area (Å²) in [7, 11) is 1.93. The summed E-state index contributed by atoms with van der Waals surface area (Å²) in [6.07, 6.45) is 1.50. The summed E-state index contributed by atoms with van der Waals surface area (Å²) in [4.78, 5) is 10.5. The van der Waals surface area contributed by atoms with Gasteiger partial charge in [-0.1, -0.05) is 18.2 Å². The molecule has 0 aliphatic carbocycles. The average Bonchev–Trinajstić information content (AvgIpc) is 2.56. The Morgan fingerprint density at radius 1 is 1.13 bits per heavy atom. The van der Waals surface area contributed by atoms with Crippen molar-refractivity contribution < 1.29 is 9.13 Å². The molecule has 0 unspecified atom stereocenters. The number of aromatic nitrogens is 2.